The topological polar surface area (TPSA) is 47.3 Å². The third-order valence-electron chi connectivity index (χ3n) is 3.18. The number of hydrogen-bond donors (Lipinski definition) is 2. The quantitative estimate of drug-likeness (QED) is 0.794. The Morgan fingerprint density at radius 2 is 1.90 bits per heavy atom. The van der Waals surface area contributed by atoms with Crippen LogP contribution in [0.15, 0.2) is 42.5 Å². The first kappa shape index (κ1) is 15.2. The number of benzene rings is 2. The normalized spacial score (nSPS) is 12.0. The molecule has 21 heavy (non-hydrogen) atoms. The van der Waals surface area contributed by atoms with Gasteiger partial charge in [0.1, 0.15) is 11.6 Å². The van der Waals surface area contributed by atoms with Gasteiger partial charge in [0, 0.05) is 17.8 Å². The second kappa shape index (κ2) is 6.97. The van der Waals surface area contributed by atoms with Gasteiger partial charge in [-0.15, -0.1) is 0 Å². The summed E-state index contributed by atoms with van der Waals surface area (Å²) >= 11 is 0. The Morgan fingerprint density at radius 3 is 2.57 bits per heavy atom. The first-order valence-electron chi connectivity index (χ1n) is 7.11. The largest absolute Gasteiger partial charge is 0.492 e. The molecule has 0 heterocycles. The molecule has 0 radical (unpaired) electrons. The monoisotopic (exact) mass is 288 g/mol. The Kier molecular flexibility index (Phi) is 5.04. The molecule has 1 atom stereocenters. The molecule has 0 bridgehead atoms. The van der Waals surface area contributed by atoms with Crippen molar-refractivity contribution in [2.45, 2.75) is 26.3 Å². The Bertz CT molecular complexity index is 584. The van der Waals surface area contributed by atoms with Crippen molar-refractivity contribution in [1.29, 1.82) is 0 Å². The molecule has 4 heteroatoms. The molecule has 2 rings (SSSR count). The Labute approximate surface area is 124 Å². The van der Waals surface area contributed by atoms with Gasteiger partial charge in [-0.05, 0) is 50.1 Å². The average molecular weight is 288 g/mol. The fraction of sp³-hybridized carbons (Fsp3) is 0.294. The van der Waals surface area contributed by atoms with Gasteiger partial charge in [-0.25, -0.2) is 4.39 Å². The summed E-state index contributed by atoms with van der Waals surface area (Å²) in [5.74, 6) is 0.482. The maximum Gasteiger partial charge on any atom is 0.144 e. The summed E-state index contributed by atoms with van der Waals surface area (Å²) in [6, 6.07) is 12.5. The molecule has 0 aliphatic heterocycles. The zero-order valence-electron chi connectivity index (χ0n) is 12.4. The van der Waals surface area contributed by atoms with E-state index >= 15 is 0 Å². The number of nitrogens with one attached hydrogen (secondary N) is 1. The second-order valence-corrected chi connectivity index (χ2v) is 5.06. The molecular formula is C17H21FN2O. The summed E-state index contributed by atoms with van der Waals surface area (Å²) in [6.07, 6.45) is 0.814. The van der Waals surface area contributed by atoms with Gasteiger partial charge in [0.05, 0.1) is 12.3 Å². The smallest absolute Gasteiger partial charge is 0.144 e. The number of nitrogens with two attached hydrogens (primary N) is 1. The first-order chi connectivity index (χ1) is 10.1. The van der Waals surface area contributed by atoms with E-state index in [0.29, 0.717) is 18.0 Å². The zero-order valence-corrected chi connectivity index (χ0v) is 12.4. The molecule has 0 aliphatic rings. The van der Waals surface area contributed by atoms with Crippen molar-refractivity contribution in [2.24, 2.45) is 0 Å². The molecule has 0 fully saturated rings. The number of hydrogen-bond acceptors (Lipinski definition) is 3. The predicted molar refractivity (Wildman–Crippen MR) is 85.2 cm³/mol. The molecule has 0 spiro atoms. The standard InChI is InChI=1S/C17H21FN2O/c1-3-21-17-11-15(8-9-16(17)19)20-12(2)10-13-4-6-14(18)7-5-13/h4-9,11-12,20H,3,10,19H2,1-2H3. The van der Waals surface area contributed by atoms with Gasteiger partial charge in [0.25, 0.3) is 0 Å². The van der Waals surface area contributed by atoms with Crippen molar-refractivity contribution in [1.82, 2.24) is 0 Å². The van der Waals surface area contributed by atoms with Crippen LogP contribution < -0.4 is 15.8 Å². The van der Waals surface area contributed by atoms with Crippen LogP contribution in [0.1, 0.15) is 19.4 Å². The third kappa shape index (κ3) is 4.38. The Hall–Kier alpha value is -2.23. The lowest BCUT2D eigenvalue weighted by molar-refractivity contribution is 0.342. The Balaban J connectivity index is 2.00. The fourth-order valence-electron chi connectivity index (χ4n) is 2.21. The van der Waals surface area contributed by atoms with Crippen LogP contribution in [-0.4, -0.2) is 12.6 Å². The van der Waals surface area contributed by atoms with Crippen LogP contribution in [0.3, 0.4) is 0 Å². The summed E-state index contributed by atoms with van der Waals surface area (Å²) in [5.41, 5.74) is 8.54. The van der Waals surface area contributed by atoms with E-state index in [2.05, 4.69) is 12.2 Å². The van der Waals surface area contributed by atoms with Crippen molar-refractivity contribution in [2.75, 3.05) is 17.7 Å². The van der Waals surface area contributed by atoms with Gasteiger partial charge in [-0.2, -0.15) is 0 Å². The molecule has 112 valence electrons. The SMILES string of the molecule is CCOc1cc(NC(C)Cc2ccc(F)cc2)ccc1N. The average Bonchev–Trinajstić information content (AvgIpc) is 2.45. The molecule has 0 aromatic heterocycles. The van der Waals surface area contributed by atoms with E-state index in [9.17, 15) is 4.39 Å². The summed E-state index contributed by atoms with van der Waals surface area (Å²) < 4.78 is 18.4. The van der Waals surface area contributed by atoms with Crippen LogP contribution in [0, 0.1) is 5.82 Å². The van der Waals surface area contributed by atoms with Crippen LogP contribution in [-0.2, 0) is 6.42 Å². The summed E-state index contributed by atoms with van der Waals surface area (Å²) in [6.45, 7) is 4.59. The minimum Gasteiger partial charge on any atom is -0.492 e. The minimum absolute atomic E-state index is 0.209. The van der Waals surface area contributed by atoms with E-state index in [1.165, 1.54) is 12.1 Å². The van der Waals surface area contributed by atoms with Crippen LogP contribution in [0.5, 0.6) is 5.75 Å². The van der Waals surface area contributed by atoms with Crippen molar-refractivity contribution >= 4 is 11.4 Å². The zero-order chi connectivity index (χ0) is 15.2. The highest BCUT2D eigenvalue weighted by molar-refractivity contribution is 5.61. The molecule has 0 aliphatic carbocycles. The van der Waals surface area contributed by atoms with Gasteiger partial charge in [-0.1, -0.05) is 12.1 Å². The maximum atomic E-state index is 12.9. The number of ether oxygens (including phenoxy) is 1. The van der Waals surface area contributed by atoms with Crippen molar-refractivity contribution in [3.8, 4) is 5.75 Å². The lowest BCUT2D eigenvalue weighted by Crippen LogP contribution is -2.18. The van der Waals surface area contributed by atoms with Crippen LogP contribution >= 0.6 is 0 Å². The van der Waals surface area contributed by atoms with Crippen LogP contribution in [0.4, 0.5) is 15.8 Å². The van der Waals surface area contributed by atoms with Gasteiger partial charge in [0.2, 0.25) is 0 Å². The van der Waals surface area contributed by atoms with Crippen LogP contribution in [0.25, 0.3) is 0 Å². The minimum atomic E-state index is -0.209. The highest BCUT2D eigenvalue weighted by atomic mass is 19.1. The lowest BCUT2D eigenvalue weighted by atomic mass is 10.1. The van der Waals surface area contributed by atoms with E-state index in [1.807, 2.05) is 37.3 Å². The molecule has 2 aromatic rings. The van der Waals surface area contributed by atoms with Crippen molar-refractivity contribution in [3.05, 3.63) is 53.8 Å². The predicted octanol–water partition coefficient (Wildman–Crippen LogP) is 3.85. The molecule has 3 N–H and O–H groups in total. The summed E-state index contributed by atoms with van der Waals surface area (Å²) in [5, 5.41) is 3.40. The molecular weight excluding hydrogens is 267 g/mol. The van der Waals surface area contributed by atoms with E-state index in [0.717, 1.165) is 17.7 Å². The summed E-state index contributed by atoms with van der Waals surface area (Å²) in [4.78, 5) is 0. The van der Waals surface area contributed by atoms with E-state index in [4.69, 9.17) is 10.5 Å². The van der Waals surface area contributed by atoms with E-state index < -0.39 is 0 Å². The molecule has 2 aromatic carbocycles. The van der Waals surface area contributed by atoms with Gasteiger partial charge < -0.3 is 15.8 Å². The van der Waals surface area contributed by atoms with Gasteiger partial charge >= 0.3 is 0 Å². The van der Waals surface area contributed by atoms with Gasteiger partial charge in [-0.3, -0.25) is 0 Å². The molecule has 3 nitrogen and oxygen atoms in total. The van der Waals surface area contributed by atoms with Gasteiger partial charge in [0.15, 0.2) is 0 Å². The Morgan fingerprint density at radius 1 is 1.19 bits per heavy atom. The fourth-order valence-corrected chi connectivity index (χ4v) is 2.21. The lowest BCUT2D eigenvalue weighted by Gasteiger charge is -2.17. The highest BCUT2D eigenvalue weighted by Gasteiger charge is 2.06. The first-order valence-corrected chi connectivity index (χ1v) is 7.11. The maximum absolute atomic E-state index is 12.9. The second-order valence-electron chi connectivity index (χ2n) is 5.06. The number of anilines is 2. The third-order valence-corrected chi connectivity index (χ3v) is 3.18. The summed E-state index contributed by atoms with van der Waals surface area (Å²) in [7, 11) is 0. The molecule has 0 amide bonds. The molecule has 1 unspecified atom stereocenters. The van der Waals surface area contributed by atoms with E-state index in [-0.39, 0.29) is 11.9 Å². The number of rotatable bonds is 6. The molecule has 0 saturated carbocycles. The number of nitrogen functional groups attached to an aromatic ring is 1. The number of halogens is 1. The highest BCUT2D eigenvalue weighted by Crippen LogP contribution is 2.26. The van der Waals surface area contributed by atoms with Crippen molar-refractivity contribution in [3.63, 3.8) is 0 Å². The van der Waals surface area contributed by atoms with Crippen molar-refractivity contribution < 1.29 is 9.13 Å². The van der Waals surface area contributed by atoms with Crippen LogP contribution in [0.2, 0.25) is 0 Å². The molecule has 0 saturated heterocycles. The van der Waals surface area contributed by atoms with E-state index in [1.54, 1.807) is 0 Å².